The van der Waals surface area contributed by atoms with Crippen LogP contribution in [0.15, 0.2) is 6.07 Å². The number of hydrogen-bond acceptors (Lipinski definition) is 2. The SMILES string of the molecule is Nc1cc(CC2CC2)[nH]n1. The molecule has 0 unspecified atom stereocenters. The fourth-order valence-electron chi connectivity index (χ4n) is 1.12. The van der Waals surface area contributed by atoms with Crippen molar-refractivity contribution in [3.63, 3.8) is 0 Å². The lowest BCUT2D eigenvalue weighted by Gasteiger charge is -1.88. The van der Waals surface area contributed by atoms with Crippen LogP contribution in [0.25, 0.3) is 0 Å². The standard InChI is InChI=1S/C7H11N3/c8-7-4-6(9-10-7)3-5-1-2-5/h4-5H,1-3H2,(H3,8,9,10). The van der Waals surface area contributed by atoms with Crippen LogP contribution in [-0.2, 0) is 6.42 Å². The van der Waals surface area contributed by atoms with Crippen LogP contribution in [0.1, 0.15) is 18.5 Å². The molecule has 0 atom stereocenters. The zero-order valence-corrected chi connectivity index (χ0v) is 5.80. The van der Waals surface area contributed by atoms with Gasteiger partial charge in [0.05, 0.1) is 0 Å². The molecule has 1 aromatic heterocycles. The molecule has 1 aliphatic carbocycles. The van der Waals surface area contributed by atoms with Gasteiger partial charge in [-0.15, -0.1) is 0 Å². The van der Waals surface area contributed by atoms with Gasteiger partial charge in [0.15, 0.2) is 0 Å². The lowest BCUT2D eigenvalue weighted by molar-refractivity contribution is 0.796. The fraction of sp³-hybridized carbons (Fsp3) is 0.571. The number of nitrogens with zero attached hydrogens (tertiary/aromatic N) is 1. The summed E-state index contributed by atoms with van der Waals surface area (Å²) in [6.45, 7) is 0. The topological polar surface area (TPSA) is 54.7 Å². The van der Waals surface area contributed by atoms with E-state index in [9.17, 15) is 0 Å². The lowest BCUT2D eigenvalue weighted by atomic mass is 10.2. The van der Waals surface area contributed by atoms with E-state index in [4.69, 9.17) is 5.73 Å². The van der Waals surface area contributed by atoms with Crippen molar-refractivity contribution in [2.24, 2.45) is 5.92 Å². The summed E-state index contributed by atoms with van der Waals surface area (Å²) in [5.41, 5.74) is 6.61. The van der Waals surface area contributed by atoms with Crippen molar-refractivity contribution in [3.05, 3.63) is 11.8 Å². The van der Waals surface area contributed by atoms with E-state index in [2.05, 4.69) is 10.2 Å². The predicted octanol–water partition coefficient (Wildman–Crippen LogP) is 0.944. The Morgan fingerprint density at radius 1 is 1.70 bits per heavy atom. The van der Waals surface area contributed by atoms with E-state index < -0.39 is 0 Å². The molecule has 0 aliphatic heterocycles. The van der Waals surface area contributed by atoms with E-state index in [0.29, 0.717) is 5.82 Å². The van der Waals surface area contributed by atoms with Crippen LogP contribution in [0.4, 0.5) is 5.82 Å². The lowest BCUT2D eigenvalue weighted by Crippen LogP contribution is -1.85. The molecular weight excluding hydrogens is 126 g/mol. The Morgan fingerprint density at radius 3 is 3.00 bits per heavy atom. The van der Waals surface area contributed by atoms with Crippen LogP contribution < -0.4 is 5.73 Å². The van der Waals surface area contributed by atoms with Gasteiger partial charge in [0.2, 0.25) is 0 Å². The quantitative estimate of drug-likeness (QED) is 0.637. The van der Waals surface area contributed by atoms with Crippen molar-refractivity contribution < 1.29 is 0 Å². The van der Waals surface area contributed by atoms with E-state index >= 15 is 0 Å². The fourth-order valence-corrected chi connectivity index (χ4v) is 1.12. The Bertz CT molecular complexity index is 225. The second kappa shape index (κ2) is 2.01. The monoisotopic (exact) mass is 137 g/mol. The van der Waals surface area contributed by atoms with Crippen molar-refractivity contribution >= 4 is 5.82 Å². The van der Waals surface area contributed by atoms with Crippen molar-refractivity contribution in [1.29, 1.82) is 0 Å². The van der Waals surface area contributed by atoms with E-state index in [1.807, 2.05) is 6.07 Å². The van der Waals surface area contributed by atoms with Crippen molar-refractivity contribution in [2.45, 2.75) is 19.3 Å². The Kier molecular flexibility index (Phi) is 1.16. The van der Waals surface area contributed by atoms with Crippen LogP contribution in [0, 0.1) is 5.92 Å². The van der Waals surface area contributed by atoms with Gasteiger partial charge >= 0.3 is 0 Å². The van der Waals surface area contributed by atoms with Crippen molar-refractivity contribution in [3.8, 4) is 0 Å². The predicted molar refractivity (Wildman–Crippen MR) is 39.4 cm³/mol. The first-order valence-electron chi connectivity index (χ1n) is 3.64. The normalized spacial score (nSPS) is 17.6. The Morgan fingerprint density at radius 2 is 2.50 bits per heavy atom. The summed E-state index contributed by atoms with van der Waals surface area (Å²) in [5.74, 6) is 1.51. The number of rotatable bonds is 2. The molecule has 0 amide bonds. The number of aromatic amines is 1. The van der Waals surface area contributed by atoms with Gasteiger partial charge in [0.1, 0.15) is 5.82 Å². The number of hydrogen-bond donors (Lipinski definition) is 2. The zero-order chi connectivity index (χ0) is 6.97. The minimum Gasteiger partial charge on any atom is -0.382 e. The maximum Gasteiger partial charge on any atom is 0.145 e. The molecule has 3 nitrogen and oxygen atoms in total. The summed E-state index contributed by atoms with van der Waals surface area (Å²) in [4.78, 5) is 0. The van der Waals surface area contributed by atoms with E-state index in [0.717, 1.165) is 12.3 Å². The average molecular weight is 137 g/mol. The molecule has 3 N–H and O–H groups in total. The van der Waals surface area contributed by atoms with Gasteiger partial charge in [0, 0.05) is 11.8 Å². The minimum absolute atomic E-state index is 0.607. The van der Waals surface area contributed by atoms with Gasteiger partial charge in [-0.05, 0) is 25.2 Å². The van der Waals surface area contributed by atoms with Crippen LogP contribution in [0.2, 0.25) is 0 Å². The molecule has 10 heavy (non-hydrogen) atoms. The highest BCUT2D eigenvalue weighted by Gasteiger charge is 2.21. The molecule has 1 aromatic rings. The van der Waals surface area contributed by atoms with Gasteiger partial charge in [-0.2, -0.15) is 5.10 Å². The smallest absolute Gasteiger partial charge is 0.145 e. The third-order valence-corrected chi connectivity index (χ3v) is 1.86. The summed E-state index contributed by atoms with van der Waals surface area (Å²) in [5, 5.41) is 6.75. The average Bonchev–Trinajstić information content (AvgIpc) is 2.59. The molecule has 3 heteroatoms. The first kappa shape index (κ1) is 5.77. The summed E-state index contributed by atoms with van der Waals surface area (Å²) in [7, 11) is 0. The summed E-state index contributed by atoms with van der Waals surface area (Å²) < 4.78 is 0. The molecule has 1 aliphatic rings. The molecule has 1 saturated carbocycles. The number of aromatic nitrogens is 2. The molecule has 0 aromatic carbocycles. The maximum absolute atomic E-state index is 5.43. The highest BCUT2D eigenvalue weighted by molar-refractivity contribution is 5.28. The van der Waals surface area contributed by atoms with Crippen LogP contribution >= 0.6 is 0 Å². The molecule has 2 rings (SSSR count). The second-order valence-electron chi connectivity index (χ2n) is 2.97. The third kappa shape index (κ3) is 1.12. The first-order chi connectivity index (χ1) is 4.84. The molecule has 0 bridgehead atoms. The van der Waals surface area contributed by atoms with Crippen LogP contribution in [-0.4, -0.2) is 10.2 Å². The molecule has 1 heterocycles. The summed E-state index contributed by atoms with van der Waals surface area (Å²) in [6, 6.07) is 1.92. The largest absolute Gasteiger partial charge is 0.382 e. The third-order valence-electron chi connectivity index (χ3n) is 1.86. The highest BCUT2D eigenvalue weighted by atomic mass is 15.2. The Labute approximate surface area is 59.6 Å². The summed E-state index contributed by atoms with van der Waals surface area (Å²) >= 11 is 0. The number of nitrogens with one attached hydrogen (secondary N) is 1. The van der Waals surface area contributed by atoms with Gasteiger partial charge in [-0.3, -0.25) is 5.10 Å². The number of H-pyrrole nitrogens is 1. The molecule has 0 saturated heterocycles. The van der Waals surface area contributed by atoms with Crippen LogP contribution in [0.3, 0.4) is 0 Å². The number of nitrogens with two attached hydrogens (primary N) is 1. The molecule has 54 valence electrons. The molecule has 1 fully saturated rings. The highest BCUT2D eigenvalue weighted by Crippen LogP contribution is 2.32. The van der Waals surface area contributed by atoms with Crippen molar-refractivity contribution in [2.75, 3.05) is 5.73 Å². The number of anilines is 1. The van der Waals surface area contributed by atoms with E-state index in [1.54, 1.807) is 0 Å². The molecular formula is C7H11N3. The van der Waals surface area contributed by atoms with E-state index in [1.165, 1.54) is 18.5 Å². The molecule has 0 radical (unpaired) electrons. The van der Waals surface area contributed by atoms with E-state index in [-0.39, 0.29) is 0 Å². The minimum atomic E-state index is 0.607. The van der Waals surface area contributed by atoms with Gasteiger partial charge in [0.25, 0.3) is 0 Å². The maximum atomic E-state index is 5.43. The van der Waals surface area contributed by atoms with Crippen molar-refractivity contribution in [1.82, 2.24) is 10.2 Å². The summed E-state index contributed by atoms with van der Waals surface area (Å²) in [6.07, 6.45) is 3.88. The van der Waals surface area contributed by atoms with Crippen LogP contribution in [0.5, 0.6) is 0 Å². The van der Waals surface area contributed by atoms with Gasteiger partial charge in [-0.25, -0.2) is 0 Å². The van der Waals surface area contributed by atoms with Gasteiger partial charge < -0.3 is 5.73 Å². The van der Waals surface area contributed by atoms with Gasteiger partial charge in [-0.1, -0.05) is 0 Å². The molecule has 0 spiro atoms. The first-order valence-corrected chi connectivity index (χ1v) is 3.64. The zero-order valence-electron chi connectivity index (χ0n) is 5.80. The number of nitrogen functional groups attached to an aromatic ring is 1. The second-order valence-corrected chi connectivity index (χ2v) is 2.97. The Hall–Kier alpha value is -0.990. The Balaban J connectivity index is 2.03.